The van der Waals surface area contributed by atoms with E-state index in [4.69, 9.17) is 0 Å². The van der Waals surface area contributed by atoms with Crippen LogP contribution in [0.25, 0.3) is 10.8 Å². The summed E-state index contributed by atoms with van der Waals surface area (Å²) < 4.78 is 14.3. The zero-order valence-electron chi connectivity index (χ0n) is 17.7. The maximum absolute atomic E-state index is 14.3. The lowest BCUT2D eigenvalue weighted by atomic mass is 10.1. The molecule has 0 atom stereocenters. The fraction of sp³-hybridized carbons (Fsp3) is 0.318. The van der Waals surface area contributed by atoms with Crippen molar-refractivity contribution >= 4 is 34.3 Å². The maximum Gasteiger partial charge on any atom is 0.326 e. The molecule has 2 aromatic carbocycles. The molecule has 3 aromatic rings. The minimum Gasteiger partial charge on any atom is -0.367 e. The fourth-order valence-corrected chi connectivity index (χ4v) is 3.04. The van der Waals surface area contributed by atoms with Crippen LogP contribution < -0.4 is 16.0 Å². The van der Waals surface area contributed by atoms with Gasteiger partial charge in [-0.05, 0) is 63.8 Å². The van der Waals surface area contributed by atoms with E-state index in [0.717, 1.165) is 23.7 Å². The Balaban J connectivity index is 1.66. The van der Waals surface area contributed by atoms with Crippen LogP contribution in [0.5, 0.6) is 0 Å². The van der Waals surface area contributed by atoms with Gasteiger partial charge in [-0.25, -0.2) is 14.2 Å². The van der Waals surface area contributed by atoms with Gasteiger partial charge < -0.3 is 15.5 Å². The number of urea groups is 1. The van der Waals surface area contributed by atoms with E-state index in [9.17, 15) is 9.18 Å². The maximum atomic E-state index is 14.3. The second-order valence-electron chi connectivity index (χ2n) is 7.52. The van der Waals surface area contributed by atoms with Crippen LogP contribution in [0.1, 0.15) is 17.7 Å². The van der Waals surface area contributed by atoms with E-state index < -0.39 is 11.8 Å². The molecular formula is C22H27FN6O. The first-order chi connectivity index (χ1) is 14.3. The number of hydrogen-bond donors (Lipinski definition) is 3. The largest absolute Gasteiger partial charge is 0.367 e. The van der Waals surface area contributed by atoms with Crippen molar-refractivity contribution < 1.29 is 9.18 Å². The van der Waals surface area contributed by atoms with Crippen LogP contribution in [0.4, 0.5) is 26.6 Å². The van der Waals surface area contributed by atoms with Gasteiger partial charge in [0.2, 0.25) is 5.95 Å². The van der Waals surface area contributed by atoms with E-state index in [0.29, 0.717) is 12.2 Å². The molecule has 0 spiro atoms. The standard InChI is InChI=1S/C22H27FN6O/c1-14-6-7-17-13-18(9-8-16(17)12-14)26-22(30)28-21-25-15(2)19(23)20(27-21)24-10-5-11-29(3)4/h6-9,12-13H,5,10-11H2,1-4H3,(H3,24,25,26,27,28,30). The van der Waals surface area contributed by atoms with E-state index in [1.807, 2.05) is 51.4 Å². The van der Waals surface area contributed by atoms with Gasteiger partial charge in [-0.1, -0.05) is 29.8 Å². The van der Waals surface area contributed by atoms with E-state index in [2.05, 4.69) is 36.9 Å². The SMILES string of the molecule is Cc1ccc2cc(NC(=O)Nc3nc(C)c(F)c(NCCCN(C)C)n3)ccc2c1. The molecule has 0 unspecified atom stereocenters. The molecule has 0 radical (unpaired) electrons. The molecule has 0 fully saturated rings. The van der Waals surface area contributed by atoms with Gasteiger partial charge in [0, 0.05) is 12.2 Å². The van der Waals surface area contributed by atoms with Gasteiger partial charge >= 0.3 is 6.03 Å². The molecule has 1 heterocycles. The van der Waals surface area contributed by atoms with Crippen LogP contribution in [0.3, 0.4) is 0 Å². The Morgan fingerprint density at radius 1 is 1.03 bits per heavy atom. The number of nitrogens with zero attached hydrogens (tertiary/aromatic N) is 3. The molecule has 30 heavy (non-hydrogen) atoms. The molecule has 8 heteroatoms. The van der Waals surface area contributed by atoms with Gasteiger partial charge in [-0.15, -0.1) is 0 Å². The zero-order valence-corrected chi connectivity index (χ0v) is 17.7. The van der Waals surface area contributed by atoms with Gasteiger partial charge in [0.15, 0.2) is 11.6 Å². The predicted octanol–water partition coefficient (Wildman–Crippen LogP) is 4.39. The van der Waals surface area contributed by atoms with Crippen LogP contribution in [-0.2, 0) is 0 Å². The molecule has 1 aromatic heterocycles. The summed E-state index contributed by atoms with van der Waals surface area (Å²) >= 11 is 0. The third kappa shape index (κ3) is 5.64. The molecule has 2 amide bonds. The van der Waals surface area contributed by atoms with Crippen LogP contribution in [0.15, 0.2) is 36.4 Å². The number of halogens is 1. The highest BCUT2D eigenvalue weighted by Gasteiger charge is 2.13. The average molecular weight is 410 g/mol. The first-order valence-corrected chi connectivity index (χ1v) is 9.83. The summed E-state index contributed by atoms with van der Waals surface area (Å²) in [5.74, 6) is -0.397. The highest BCUT2D eigenvalue weighted by Crippen LogP contribution is 2.21. The molecule has 0 saturated carbocycles. The summed E-state index contributed by atoms with van der Waals surface area (Å²) in [5, 5.41) is 10.4. The number of carbonyl (C=O) groups is 1. The quantitative estimate of drug-likeness (QED) is 0.503. The molecule has 0 saturated heterocycles. The topological polar surface area (TPSA) is 82.2 Å². The third-order valence-corrected chi connectivity index (χ3v) is 4.57. The van der Waals surface area contributed by atoms with E-state index >= 15 is 0 Å². The number of anilines is 3. The second-order valence-corrected chi connectivity index (χ2v) is 7.52. The normalized spacial score (nSPS) is 11.0. The Morgan fingerprint density at radius 2 is 1.77 bits per heavy atom. The van der Waals surface area contributed by atoms with Gasteiger partial charge in [0.05, 0.1) is 5.69 Å². The monoisotopic (exact) mass is 410 g/mol. The summed E-state index contributed by atoms with van der Waals surface area (Å²) in [4.78, 5) is 22.6. The second kappa shape index (κ2) is 9.49. The van der Waals surface area contributed by atoms with Gasteiger partial charge in [0.25, 0.3) is 0 Å². The van der Waals surface area contributed by atoms with Crippen molar-refractivity contribution in [2.75, 3.05) is 43.1 Å². The summed E-state index contributed by atoms with van der Waals surface area (Å²) in [6, 6.07) is 11.3. The van der Waals surface area contributed by atoms with Gasteiger partial charge in [-0.2, -0.15) is 4.98 Å². The van der Waals surface area contributed by atoms with Gasteiger partial charge in [0.1, 0.15) is 0 Å². The van der Waals surface area contributed by atoms with Crippen molar-refractivity contribution in [1.29, 1.82) is 0 Å². The zero-order chi connectivity index (χ0) is 21.7. The minimum atomic E-state index is -0.518. The van der Waals surface area contributed by atoms with E-state index in [1.165, 1.54) is 12.5 Å². The lowest BCUT2D eigenvalue weighted by Crippen LogP contribution is -2.22. The van der Waals surface area contributed by atoms with E-state index in [-0.39, 0.29) is 17.5 Å². The Hall–Kier alpha value is -3.26. The summed E-state index contributed by atoms with van der Waals surface area (Å²) in [7, 11) is 3.96. The molecule has 0 aliphatic carbocycles. The van der Waals surface area contributed by atoms with Crippen molar-refractivity contribution in [2.24, 2.45) is 0 Å². The number of aryl methyl sites for hydroxylation is 2. The van der Waals surface area contributed by atoms with Crippen LogP contribution in [0, 0.1) is 19.7 Å². The Bertz CT molecular complexity index is 1050. The number of fused-ring (bicyclic) bond motifs is 1. The average Bonchev–Trinajstić information content (AvgIpc) is 2.68. The highest BCUT2D eigenvalue weighted by molar-refractivity contribution is 6.00. The Kier molecular flexibility index (Phi) is 6.79. The van der Waals surface area contributed by atoms with Gasteiger partial charge in [-0.3, -0.25) is 5.32 Å². The van der Waals surface area contributed by atoms with Crippen LogP contribution in [0.2, 0.25) is 0 Å². The van der Waals surface area contributed by atoms with Crippen molar-refractivity contribution in [3.8, 4) is 0 Å². The number of nitrogens with one attached hydrogen (secondary N) is 3. The lowest BCUT2D eigenvalue weighted by Gasteiger charge is -2.13. The predicted molar refractivity (Wildman–Crippen MR) is 120 cm³/mol. The van der Waals surface area contributed by atoms with Crippen molar-refractivity contribution in [1.82, 2.24) is 14.9 Å². The molecule has 3 rings (SSSR count). The molecule has 0 aliphatic heterocycles. The lowest BCUT2D eigenvalue weighted by molar-refractivity contribution is 0.262. The fourth-order valence-electron chi connectivity index (χ4n) is 3.04. The molecule has 0 bridgehead atoms. The number of amides is 2. The number of hydrogen-bond acceptors (Lipinski definition) is 5. The van der Waals surface area contributed by atoms with Crippen molar-refractivity contribution in [3.63, 3.8) is 0 Å². The smallest absolute Gasteiger partial charge is 0.326 e. The minimum absolute atomic E-state index is 0.0397. The summed E-state index contributed by atoms with van der Waals surface area (Å²) in [6.07, 6.45) is 0.834. The number of benzene rings is 2. The van der Waals surface area contributed by atoms with Crippen molar-refractivity contribution in [2.45, 2.75) is 20.3 Å². The Morgan fingerprint density at radius 3 is 2.53 bits per heavy atom. The molecule has 0 aliphatic rings. The van der Waals surface area contributed by atoms with E-state index in [1.54, 1.807) is 0 Å². The number of carbonyl (C=O) groups excluding carboxylic acids is 1. The molecular weight excluding hydrogens is 383 g/mol. The molecule has 3 N–H and O–H groups in total. The first kappa shape index (κ1) is 21.4. The highest BCUT2D eigenvalue weighted by atomic mass is 19.1. The van der Waals surface area contributed by atoms with Crippen molar-refractivity contribution in [3.05, 3.63) is 53.5 Å². The van der Waals surface area contributed by atoms with Crippen LogP contribution >= 0.6 is 0 Å². The number of rotatable bonds is 7. The summed E-state index contributed by atoms with van der Waals surface area (Å²) in [5.41, 5.74) is 1.98. The van der Waals surface area contributed by atoms with Crippen LogP contribution in [-0.4, -0.2) is 48.1 Å². The first-order valence-electron chi connectivity index (χ1n) is 9.83. The number of aromatic nitrogens is 2. The third-order valence-electron chi connectivity index (χ3n) is 4.57. The Labute approximate surface area is 175 Å². The summed E-state index contributed by atoms with van der Waals surface area (Å²) in [6.45, 7) is 5.01. The molecule has 7 nitrogen and oxygen atoms in total. The molecule has 158 valence electrons.